The summed E-state index contributed by atoms with van der Waals surface area (Å²) in [5.74, 6) is 2.16. The maximum absolute atomic E-state index is 13.3. The number of pyridine rings is 1. The van der Waals surface area contributed by atoms with Crippen LogP contribution in [0.15, 0.2) is 84.6 Å². The molecule has 1 saturated heterocycles. The molecule has 48 heavy (non-hydrogen) atoms. The van der Waals surface area contributed by atoms with E-state index in [1.54, 1.807) is 30.8 Å². The standard InChI is InChI=1S/C37H38N8O2S/c1-44-30-9-4-3-7-26(30)19-31(44)36(46)43-29-11-10-25(20-32(29)47-2)28-23-48-34-27(22-41-35(38)33(28)34)8-5-16-45-17-12-24(13-18-45)21-42-37-39-14-6-15-40-37/h3-11,14-15,19-20,22-24H,12-13,16-18,21H2,1-2H3,(H2,38,41)(H,43,46)(H,39,40,42). The molecular weight excluding hydrogens is 621 g/mol. The second-order valence-electron chi connectivity index (χ2n) is 12.1. The number of para-hydroxylation sites is 1. The van der Waals surface area contributed by atoms with Crippen molar-refractivity contribution in [2.24, 2.45) is 13.0 Å². The Bertz CT molecular complexity index is 2100. The van der Waals surface area contributed by atoms with E-state index in [0.717, 1.165) is 76.7 Å². The number of aryl methyl sites for hydroxylation is 1. The Kier molecular flexibility index (Phi) is 9.04. The number of rotatable bonds is 10. The maximum atomic E-state index is 13.3. The number of carbonyl (C=O) groups is 1. The van der Waals surface area contributed by atoms with Gasteiger partial charge in [-0.15, -0.1) is 11.3 Å². The third-order valence-corrected chi connectivity index (χ3v) is 10.1. The highest BCUT2D eigenvalue weighted by atomic mass is 32.1. The van der Waals surface area contributed by atoms with Crippen molar-refractivity contribution in [3.8, 4) is 16.9 Å². The van der Waals surface area contributed by atoms with Gasteiger partial charge in [-0.25, -0.2) is 15.0 Å². The zero-order chi connectivity index (χ0) is 33.0. The molecule has 2 aromatic carbocycles. The van der Waals surface area contributed by atoms with Gasteiger partial charge in [0.2, 0.25) is 5.95 Å². The molecular formula is C37H38N8O2S. The molecule has 1 fully saturated rings. The summed E-state index contributed by atoms with van der Waals surface area (Å²) in [7, 11) is 3.50. The molecule has 5 heterocycles. The third kappa shape index (κ3) is 6.47. The lowest BCUT2D eigenvalue weighted by atomic mass is 9.97. The number of nitrogens with one attached hydrogen (secondary N) is 2. The number of thiophene rings is 1. The first-order valence-electron chi connectivity index (χ1n) is 16.1. The number of nitrogen functional groups attached to an aromatic ring is 1. The Hall–Kier alpha value is -5.26. The average molecular weight is 659 g/mol. The van der Waals surface area contributed by atoms with Crippen LogP contribution in [0.5, 0.6) is 5.75 Å². The number of methoxy groups -OCH3 is 1. The van der Waals surface area contributed by atoms with Crippen molar-refractivity contribution < 1.29 is 9.53 Å². The number of nitrogens with two attached hydrogens (primary N) is 1. The van der Waals surface area contributed by atoms with Crippen molar-refractivity contribution >= 4 is 61.8 Å². The number of hydrogen-bond donors (Lipinski definition) is 3. The van der Waals surface area contributed by atoms with Gasteiger partial charge in [-0.05, 0) is 73.1 Å². The molecule has 0 unspecified atom stereocenters. The number of ether oxygens (including phenoxy) is 1. The SMILES string of the molecule is COc1cc(-c2csc3c(C=CCN4CCC(CNc5ncccn5)CC4)cnc(N)c23)ccc1NC(=O)c1cc2ccccc2n1C. The lowest BCUT2D eigenvalue weighted by Gasteiger charge is -2.31. The summed E-state index contributed by atoms with van der Waals surface area (Å²) < 4.78 is 8.73. The number of likely N-dealkylation sites (tertiary alicyclic amines) is 1. The Morgan fingerprint density at radius 2 is 1.90 bits per heavy atom. The van der Waals surface area contributed by atoms with E-state index in [4.69, 9.17) is 10.5 Å². The second-order valence-corrected chi connectivity index (χ2v) is 12.9. The number of benzene rings is 2. The fourth-order valence-corrected chi connectivity index (χ4v) is 7.48. The first-order valence-corrected chi connectivity index (χ1v) is 17.0. The number of aromatic nitrogens is 4. The first-order chi connectivity index (χ1) is 23.5. The molecule has 7 rings (SSSR count). The molecule has 0 aliphatic carbocycles. The fraction of sp³-hybridized carbons (Fsp3) is 0.243. The lowest BCUT2D eigenvalue weighted by molar-refractivity contribution is 0.101. The first kappa shape index (κ1) is 31.3. The zero-order valence-corrected chi connectivity index (χ0v) is 27.8. The van der Waals surface area contributed by atoms with Crippen LogP contribution in [-0.4, -0.2) is 63.6 Å². The minimum absolute atomic E-state index is 0.204. The molecule has 6 aromatic rings. The van der Waals surface area contributed by atoms with Gasteiger partial charge in [0.15, 0.2) is 0 Å². The molecule has 0 radical (unpaired) electrons. The minimum atomic E-state index is -0.204. The van der Waals surface area contributed by atoms with Gasteiger partial charge in [0.05, 0.1) is 12.8 Å². The Labute approximate surface area is 283 Å². The summed E-state index contributed by atoms with van der Waals surface area (Å²) in [5.41, 5.74) is 11.6. The number of carbonyl (C=O) groups excluding carboxylic acids is 1. The van der Waals surface area contributed by atoms with E-state index >= 15 is 0 Å². The van der Waals surface area contributed by atoms with E-state index in [0.29, 0.717) is 34.8 Å². The molecule has 0 atom stereocenters. The summed E-state index contributed by atoms with van der Waals surface area (Å²) >= 11 is 1.65. The van der Waals surface area contributed by atoms with Gasteiger partial charge < -0.3 is 25.7 Å². The van der Waals surface area contributed by atoms with Crippen LogP contribution in [-0.2, 0) is 7.05 Å². The predicted octanol–water partition coefficient (Wildman–Crippen LogP) is 6.93. The molecule has 4 N–H and O–H groups in total. The van der Waals surface area contributed by atoms with Gasteiger partial charge in [0.25, 0.3) is 5.91 Å². The van der Waals surface area contributed by atoms with Gasteiger partial charge in [0, 0.05) is 70.8 Å². The van der Waals surface area contributed by atoms with Crippen LogP contribution in [0.1, 0.15) is 28.9 Å². The summed E-state index contributed by atoms with van der Waals surface area (Å²) in [6.07, 6.45) is 12.0. The molecule has 1 aliphatic heterocycles. The quantitative estimate of drug-likeness (QED) is 0.145. The third-order valence-electron chi connectivity index (χ3n) is 9.08. The normalized spacial score (nSPS) is 14.2. The number of amides is 1. The number of anilines is 3. The summed E-state index contributed by atoms with van der Waals surface area (Å²) in [6, 6.07) is 17.5. The van der Waals surface area contributed by atoms with Gasteiger partial charge in [-0.1, -0.05) is 36.4 Å². The van der Waals surface area contributed by atoms with Gasteiger partial charge in [-0.2, -0.15) is 0 Å². The van der Waals surface area contributed by atoms with E-state index in [2.05, 4.69) is 48.0 Å². The summed E-state index contributed by atoms with van der Waals surface area (Å²) in [4.78, 5) is 28.9. The largest absolute Gasteiger partial charge is 0.495 e. The molecule has 10 nitrogen and oxygen atoms in total. The fourth-order valence-electron chi connectivity index (χ4n) is 6.40. The topological polar surface area (TPSA) is 123 Å². The Morgan fingerprint density at radius 1 is 1.08 bits per heavy atom. The maximum Gasteiger partial charge on any atom is 0.272 e. The van der Waals surface area contributed by atoms with E-state index in [1.807, 2.05) is 72.4 Å². The van der Waals surface area contributed by atoms with Crippen LogP contribution in [0.4, 0.5) is 17.5 Å². The number of nitrogens with zero attached hydrogens (tertiary/aromatic N) is 5. The predicted molar refractivity (Wildman–Crippen MR) is 196 cm³/mol. The van der Waals surface area contributed by atoms with Gasteiger partial charge in [-0.3, -0.25) is 9.69 Å². The van der Waals surface area contributed by atoms with E-state index in [9.17, 15) is 4.79 Å². The van der Waals surface area contributed by atoms with Gasteiger partial charge in [0.1, 0.15) is 17.3 Å². The molecule has 1 aliphatic rings. The van der Waals surface area contributed by atoms with Crippen LogP contribution in [0.3, 0.4) is 0 Å². The summed E-state index contributed by atoms with van der Waals surface area (Å²) in [5, 5.41) is 10.4. The van der Waals surface area contributed by atoms with Crippen LogP contribution < -0.4 is 21.1 Å². The Balaban J connectivity index is 1.03. The van der Waals surface area contributed by atoms with E-state index < -0.39 is 0 Å². The minimum Gasteiger partial charge on any atom is -0.495 e. The van der Waals surface area contributed by atoms with Crippen molar-refractivity contribution in [3.63, 3.8) is 0 Å². The lowest BCUT2D eigenvalue weighted by Crippen LogP contribution is -2.36. The van der Waals surface area contributed by atoms with Gasteiger partial charge >= 0.3 is 0 Å². The second kappa shape index (κ2) is 13.8. The molecule has 11 heteroatoms. The smallest absolute Gasteiger partial charge is 0.272 e. The number of hydrogen-bond acceptors (Lipinski definition) is 9. The van der Waals surface area contributed by atoms with Crippen LogP contribution >= 0.6 is 11.3 Å². The van der Waals surface area contributed by atoms with Crippen molar-refractivity contribution in [1.29, 1.82) is 0 Å². The average Bonchev–Trinajstić information content (AvgIpc) is 3.72. The van der Waals surface area contributed by atoms with Crippen molar-refractivity contribution in [2.45, 2.75) is 12.8 Å². The highest BCUT2D eigenvalue weighted by molar-refractivity contribution is 7.18. The van der Waals surface area contributed by atoms with E-state index in [-0.39, 0.29) is 5.91 Å². The molecule has 0 bridgehead atoms. The summed E-state index contributed by atoms with van der Waals surface area (Å²) in [6.45, 7) is 3.91. The highest BCUT2D eigenvalue weighted by Crippen LogP contribution is 2.41. The molecule has 4 aromatic heterocycles. The van der Waals surface area contributed by atoms with Crippen molar-refractivity contribution in [1.82, 2.24) is 24.4 Å². The Morgan fingerprint density at radius 3 is 2.69 bits per heavy atom. The highest BCUT2D eigenvalue weighted by Gasteiger charge is 2.20. The molecule has 0 saturated carbocycles. The van der Waals surface area contributed by atoms with Crippen LogP contribution in [0.25, 0.3) is 38.2 Å². The van der Waals surface area contributed by atoms with Crippen molar-refractivity contribution in [2.75, 3.05) is 49.7 Å². The monoisotopic (exact) mass is 658 g/mol. The number of piperidine rings is 1. The molecule has 244 valence electrons. The van der Waals surface area contributed by atoms with E-state index in [1.165, 1.54) is 0 Å². The molecule has 1 amide bonds. The van der Waals surface area contributed by atoms with Crippen LogP contribution in [0.2, 0.25) is 0 Å². The molecule has 0 spiro atoms. The van der Waals surface area contributed by atoms with Crippen LogP contribution in [0, 0.1) is 5.92 Å². The number of fused-ring (bicyclic) bond motifs is 2. The van der Waals surface area contributed by atoms with Crippen molar-refractivity contribution in [3.05, 3.63) is 95.9 Å². The zero-order valence-electron chi connectivity index (χ0n) is 27.0.